The Balaban J connectivity index is 1.97. The van der Waals surface area contributed by atoms with Gasteiger partial charge in [-0.2, -0.15) is 5.26 Å². The minimum Gasteiger partial charge on any atom is -0.350 e. The van der Waals surface area contributed by atoms with E-state index in [1.54, 1.807) is 35.4 Å². The topological polar surface area (TPSA) is 69.0 Å². The molecule has 1 N–H and O–H groups in total. The molecule has 0 spiro atoms. The molecule has 2 rings (SSSR count). The number of hydrogen-bond acceptors (Lipinski definition) is 4. The van der Waals surface area contributed by atoms with Gasteiger partial charge in [-0.3, -0.25) is 4.79 Å². The minimum atomic E-state index is -0.309. The van der Waals surface area contributed by atoms with Gasteiger partial charge in [0.15, 0.2) is 0 Å². The number of pyridine rings is 1. The molecule has 1 aromatic carbocycles. The summed E-state index contributed by atoms with van der Waals surface area (Å²) in [6.07, 6.45) is 1.59. The summed E-state index contributed by atoms with van der Waals surface area (Å²) in [5.41, 5.74) is 1.25. The molecular weight excluding hydrogens is 295 g/mol. The molecule has 0 fully saturated rings. The Hall–Kier alpha value is -2.94. The van der Waals surface area contributed by atoms with Crippen LogP contribution < -0.4 is 10.2 Å². The van der Waals surface area contributed by atoms with E-state index in [1.807, 2.05) is 6.92 Å². The molecule has 1 aromatic heterocycles. The van der Waals surface area contributed by atoms with E-state index in [4.69, 9.17) is 5.26 Å². The number of anilines is 1. The molecule has 118 valence electrons. The van der Waals surface area contributed by atoms with Crippen LogP contribution in [0.2, 0.25) is 0 Å². The second-order valence-electron chi connectivity index (χ2n) is 4.90. The van der Waals surface area contributed by atoms with Crippen LogP contribution in [0.4, 0.5) is 10.2 Å². The van der Waals surface area contributed by atoms with Crippen molar-refractivity contribution in [3.63, 3.8) is 0 Å². The van der Waals surface area contributed by atoms with Crippen molar-refractivity contribution in [2.45, 2.75) is 13.5 Å². The Morgan fingerprint density at radius 2 is 2.09 bits per heavy atom. The third-order valence-corrected chi connectivity index (χ3v) is 3.33. The van der Waals surface area contributed by atoms with Crippen molar-refractivity contribution in [1.82, 2.24) is 10.3 Å². The predicted molar refractivity (Wildman–Crippen MR) is 85.1 cm³/mol. The number of rotatable bonds is 6. The van der Waals surface area contributed by atoms with Crippen LogP contribution >= 0.6 is 0 Å². The van der Waals surface area contributed by atoms with Crippen LogP contribution in [0, 0.1) is 17.1 Å². The maximum Gasteiger partial charge on any atom is 0.239 e. The number of nitriles is 1. The summed E-state index contributed by atoms with van der Waals surface area (Å²) in [5.74, 6) is -0.00318. The highest BCUT2D eigenvalue weighted by Gasteiger charge is 2.14. The number of benzene rings is 1. The summed E-state index contributed by atoms with van der Waals surface area (Å²) < 4.78 is 12.8. The number of nitrogens with zero attached hydrogens (tertiary/aromatic N) is 3. The average molecular weight is 312 g/mol. The lowest BCUT2D eigenvalue weighted by Crippen LogP contribution is -2.37. The Morgan fingerprint density at radius 1 is 1.35 bits per heavy atom. The molecule has 6 heteroatoms. The fourth-order valence-corrected chi connectivity index (χ4v) is 2.10. The lowest BCUT2D eigenvalue weighted by Gasteiger charge is -2.22. The summed E-state index contributed by atoms with van der Waals surface area (Å²) in [6.45, 7) is 2.87. The highest BCUT2D eigenvalue weighted by molar-refractivity contribution is 5.81. The van der Waals surface area contributed by atoms with Gasteiger partial charge in [-0.15, -0.1) is 0 Å². The zero-order valence-corrected chi connectivity index (χ0v) is 12.8. The SMILES string of the molecule is CCN(CC(=O)NCc1ccc(F)cc1)c1ncccc1C#N. The monoisotopic (exact) mass is 312 g/mol. The van der Waals surface area contributed by atoms with Crippen LogP contribution in [0.3, 0.4) is 0 Å². The van der Waals surface area contributed by atoms with Crippen molar-refractivity contribution >= 4 is 11.7 Å². The smallest absolute Gasteiger partial charge is 0.239 e. The minimum absolute atomic E-state index is 0.101. The van der Waals surface area contributed by atoms with Crippen molar-refractivity contribution in [2.75, 3.05) is 18.0 Å². The van der Waals surface area contributed by atoms with Gasteiger partial charge >= 0.3 is 0 Å². The summed E-state index contributed by atoms with van der Waals surface area (Å²) in [4.78, 5) is 18.0. The van der Waals surface area contributed by atoms with Gasteiger partial charge in [-0.1, -0.05) is 12.1 Å². The molecule has 0 atom stereocenters. The summed E-state index contributed by atoms with van der Waals surface area (Å²) in [6, 6.07) is 11.4. The molecular formula is C17H17FN4O. The average Bonchev–Trinajstić information content (AvgIpc) is 2.59. The van der Waals surface area contributed by atoms with Crippen LogP contribution in [-0.4, -0.2) is 24.0 Å². The van der Waals surface area contributed by atoms with Gasteiger partial charge in [0.25, 0.3) is 0 Å². The summed E-state index contributed by atoms with van der Waals surface area (Å²) in [5, 5.41) is 11.9. The summed E-state index contributed by atoms with van der Waals surface area (Å²) >= 11 is 0. The largest absolute Gasteiger partial charge is 0.350 e. The molecule has 0 unspecified atom stereocenters. The van der Waals surface area contributed by atoms with Crippen LogP contribution in [0.1, 0.15) is 18.1 Å². The van der Waals surface area contributed by atoms with Gasteiger partial charge in [0.2, 0.25) is 5.91 Å². The lowest BCUT2D eigenvalue weighted by atomic mass is 10.2. The summed E-state index contributed by atoms with van der Waals surface area (Å²) in [7, 11) is 0. The fraction of sp³-hybridized carbons (Fsp3) is 0.235. The van der Waals surface area contributed by atoms with Gasteiger partial charge in [0.1, 0.15) is 17.7 Å². The zero-order chi connectivity index (χ0) is 16.7. The first-order valence-electron chi connectivity index (χ1n) is 7.25. The van der Waals surface area contributed by atoms with E-state index < -0.39 is 0 Å². The Morgan fingerprint density at radius 3 is 2.74 bits per heavy atom. The lowest BCUT2D eigenvalue weighted by molar-refractivity contribution is -0.119. The van der Waals surface area contributed by atoms with Gasteiger partial charge in [0.05, 0.1) is 12.1 Å². The number of amides is 1. The van der Waals surface area contributed by atoms with Crippen LogP contribution in [0.5, 0.6) is 0 Å². The van der Waals surface area contributed by atoms with E-state index in [0.29, 0.717) is 24.5 Å². The highest BCUT2D eigenvalue weighted by Crippen LogP contribution is 2.15. The number of carbonyl (C=O) groups excluding carboxylic acids is 1. The first kappa shape index (κ1) is 16.4. The van der Waals surface area contributed by atoms with Crippen LogP contribution in [0.15, 0.2) is 42.6 Å². The second-order valence-corrected chi connectivity index (χ2v) is 4.90. The van der Waals surface area contributed by atoms with Gasteiger partial charge < -0.3 is 10.2 Å². The van der Waals surface area contributed by atoms with Gasteiger partial charge in [-0.25, -0.2) is 9.37 Å². The van der Waals surface area contributed by atoms with E-state index in [-0.39, 0.29) is 18.3 Å². The van der Waals surface area contributed by atoms with Gasteiger partial charge in [-0.05, 0) is 36.8 Å². The van der Waals surface area contributed by atoms with Crippen LogP contribution in [-0.2, 0) is 11.3 Å². The molecule has 23 heavy (non-hydrogen) atoms. The number of nitrogens with one attached hydrogen (secondary N) is 1. The first-order chi connectivity index (χ1) is 11.1. The molecule has 2 aromatic rings. The fourth-order valence-electron chi connectivity index (χ4n) is 2.10. The number of halogens is 1. The number of carbonyl (C=O) groups is 1. The second kappa shape index (κ2) is 7.90. The Labute approximate surface area is 134 Å². The van der Waals surface area contributed by atoms with Crippen molar-refractivity contribution in [2.24, 2.45) is 0 Å². The highest BCUT2D eigenvalue weighted by atomic mass is 19.1. The molecule has 0 aliphatic carbocycles. The van der Waals surface area contributed by atoms with E-state index in [0.717, 1.165) is 5.56 Å². The zero-order valence-electron chi connectivity index (χ0n) is 12.8. The quantitative estimate of drug-likeness (QED) is 0.888. The molecule has 5 nitrogen and oxygen atoms in total. The normalized spacial score (nSPS) is 9.96. The van der Waals surface area contributed by atoms with E-state index >= 15 is 0 Å². The van der Waals surface area contributed by atoms with Crippen LogP contribution in [0.25, 0.3) is 0 Å². The molecule has 0 saturated carbocycles. The number of hydrogen-bond donors (Lipinski definition) is 1. The first-order valence-corrected chi connectivity index (χ1v) is 7.25. The molecule has 1 heterocycles. The molecule has 0 aliphatic heterocycles. The van der Waals surface area contributed by atoms with Gasteiger partial charge in [0, 0.05) is 19.3 Å². The number of likely N-dealkylation sites (N-methyl/N-ethyl adjacent to an activating group) is 1. The standard InChI is InChI=1S/C17H17FN4O/c1-2-22(17-14(10-19)4-3-9-20-17)12-16(23)21-11-13-5-7-15(18)8-6-13/h3-9H,2,11-12H2,1H3,(H,21,23). The third-order valence-electron chi connectivity index (χ3n) is 3.33. The molecule has 0 radical (unpaired) electrons. The van der Waals surface area contributed by atoms with E-state index in [1.165, 1.54) is 12.1 Å². The molecule has 0 saturated heterocycles. The molecule has 1 amide bonds. The van der Waals surface area contributed by atoms with E-state index in [9.17, 15) is 9.18 Å². The Bertz CT molecular complexity index is 709. The predicted octanol–water partition coefficient (Wildman–Crippen LogP) is 2.24. The van der Waals surface area contributed by atoms with Crippen molar-refractivity contribution < 1.29 is 9.18 Å². The maximum absolute atomic E-state index is 12.8. The molecule has 0 aliphatic rings. The van der Waals surface area contributed by atoms with Crippen molar-refractivity contribution in [3.8, 4) is 6.07 Å². The van der Waals surface area contributed by atoms with Crippen molar-refractivity contribution in [1.29, 1.82) is 5.26 Å². The Kier molecular flexibility index (Phi) is 5.64. The number of aromatic nitrogens is 1. The molecule has 0 bridgehead atoms. The maximum atomic E-state index is 12.8. The third kappa shape index (κ3) is 4.51. The van der Waals surface area contributed by atoms with Crippen molar-refractivity contribution in [3.05, 3.63) is 59.5 Å². The van der Waals surface area contributed by atoms with E-state index in [2.05, 4.69) is 16.4 Å².